The molecular formula is C21H20N4OS. The van der Waals surface area contributed by atoms with Crippen molar-refractivity contribution in [2.45, 2.75) is 25.2 Å². The van der Waals surface area contributed by atoms with Crippen molar-refractivity contribution >= 4 is 23.5 Å². The molecule has 0 saturated carbocycles. The van der Waals surface area contributed by atoms with Crippen LogP contribution in [0, 0.1) is 0 Å². The number of para-hydroxylation sites is 1. The minimum absolute atomic E-state index is 0.344. The average molecular weight is 376 g/mol. The van der Waals surface area contributed by atoms with Gasteiger partial charge in [0.05, 0.1) is 0 Å². The van der Waals surface area contributed by atoms with Crippen LogP contribution in [0.2, 0.25) is 0 Å². The van der Waals surface area contributed by atoms with Crippen molar-refractivity contribution < 1.29 is 4.74 Å². The first-order valence-electron chi connectivity index (χ1n) is 8.88. The number of aromatic nitrogens is 3. The minimum atomic E-state index is -0.344. The third kappa shape index (κ3) is 3.80. The summed E-state index contributed by atoms with van der Waals surface area (Å²) < 4.78 is 6.25. The molecule has 0 radical (unpaired) electrons. The van der Waals surface area contributed by atoms with Crippen LogP contribution in [-0.2, 0) is 0 Å². The number of thioether (sulfide) groups is 1. The Bertz CT molecular complexity index is 975. The van der Waals surface area contributed by atoms with Crippen molar-refractivity contribution in [2.24, 2.45) is 0 Å². The molecule has 0 amide bonds. The first-order valence-corrected chi connectivity index (χ1v) is 9.86. The number of hydrogen-bond donors (Lipinski definition) is 1. The summed E-state index contributed by atoms with van der Waals surface area (Å²) in [7, 11) is 0. The van der Waals surface area contributed by atoms with Gasteiger partial charge in [0.25, 0.3) is 0 Å². The van der Waals surface area contributed by atoms with Crippen LogP contribution in [0.25, 0.3) is 17.3 Å². The molecule has 2 heterocycles. The molecule has 1 aliphatic rings. The van der Waals surface area contributed by atoms with Gasteiger partial charge in [-0.05, 0) is 29.9 Å². The van der Waals surface area contributed by atoms with E-state index in [0.29, 0.717) is 16.7 Å². The van der Waals surface area contributed by atoms with Crippen molar-refractivity contribution in [3.8, 4) is 17.1 Å². The zero-order valence-corrected chi connectivity index (χ0v) is 16.0. The molecule has 136 valence electrons. The second kappa shape index (κ2) is 7.80. The lowest BCUT2D eigenvalue weighted by atomic mass is 10.1. The molecule has 1 N–H and O–H groups in total. The van der Waals surface area contributed by atoms with E-state index in [4.69, 9.17) is 4.74 Å². The van der Waals surface area contributed by atoms with Gasteiger partial charge in [-0.15, -0.1) is 10.2 Å². The SMILES string of the molecule is CCSc1nnc2c(n1)O[C@@H](/C(C)=C\c1ccccc1)Nc1ccccc1-2. The Kier molecular flexibility index (Phi) is 5.07. The fourth-order valence-electron chi connectivity index (χ4n) is 2.93. The predicted molar refractivity (Wildman–Crippen MR) is 110 cm³/mol. The van der Waals surface area contributed by atoms with Gasteiger partial charge in [-0.2, -0.15) is 4.98 Å². The van der Waals surface area contributed by atoms with E-state index in [-0.39, 0.29) is 6.23 Å². The summed E-state index contributed by atoms with van der Waals surface area (Å²) in [5, 5.41) is 12.7. The number of nitrogens with one attached hydrogen (secondary N) is 1. The van der Waals surface area contributed by atoms with Crippen LogP contribution in [0.1, 0.15) is 19.4 Å². The van der Waals surface area contributed by atoms with E-state index in [0.717, 1.165) is 28.1 Å². The van der Waals surface area contributed by atoms with E-state index in [1.807, 2.05) is 42.5 Å². The Hall–Kier alpha value is -2.86. The predicted octanol–water partition coefficient (Wildman–Crippen LogP) is 4.88. The van der Waals surface area contributed by atoms with Crippen molar-refractivity contribution in [3.05, 3.63) is 65.7 Å². The molecular weight excluding hydrogens is 356 g/mol. The highest BCUT2D eigenvalue weighted by Crippen LogP contribution is 2.37. The quantitative estimate of drug-likeness (QED) is 0.655. The van der Waals surface area contributed by atoms with Crippen LogP contribution in [0.3, 0.4) is 0 Å². The van der Waals surface area contributed by atoms with E-state index in [1.54, 1.807) is 11.8 Å². The molecule has 4 rings (SSSR count). The summed E-state index contributed by atoms with van der Waals surface area (Å²) >= 11 is 1.55. The molecule has 0 fully saturated rings. The Morgan fingerprint density at radius 1 is 1.11 bits per heavy atom. The number of rotatable bonds is 4. The Morgan fingerprint density at radius 2 is 1.89 bits per heavy atom. The van der Waals surface area contributed by atoms with Crippen LogP contribution in [0.4, 0.5) is 5.69 Å². The number of benzene rings is 2. The van der Waals surface area contributed by atoms with E-state index < -0.39 is 0 Å². The topological polar surface area (TPSA) is 59.9 Å². The van der Waals surface area contributed by atoms with Crippen LogP contribution in [0.5, 0.6) is 5.88 Å². The van der Waals surface area contributed by atoms with E-state index >= 15 is 0 Å². The summed E-state index contributed by atoms with van der Waals surface area (Å²) in [4.78, 5) is 4.60. The lowest BCUT2D eigenvalue weighted by Crippen LogP contribution is -2.27. The van der Waals surface area contributed by atoms with Crippen LogP contribution >= 0.6 is 11.8 Å². The van der Waals surface area contributed by atoms with Crippen molar-refractivity contribution in [3.63, 3.8) is 0 Å². The van der Waals surface area contributed by atoms with Gasteiger partial charge in [0.2, 0.25) is 11.0 Å². The molecule has 5 nitrogen and oxygen atoms in total. The summed E-state index contributed by atoms with van der Waals surface area (Å²) in [6.07, 6.45) is 1.77. The van der Waals surface area contributed by atoms with Gasteiger partial charge >= 0.3 is 0 Å². The average Bonchev–Trinajstić information content (AvgIpc) is 2.85. The molecule has 2 aromatic carbocycles. The molecule has 0 spiro atoms. The molecule has 0 bridgehead atoms. The third-order valence-corrected chi connectivity index (χ3v) is 4.93. The maximum absolute atomic E-state index is 6.25. The zero-order valence-electron chi connectivity index (χ0n) is 15.2. The smallest absolute Gasteiger partial charge is 0.247 e. The maximum Gasteiger partial charge on any atom is 0.247 e. The van der Waals surface area contributed by atoms with E-state index in [2.05, 4.69) is 52.6 Å². The number of hydrogen-bond acceptors (Lipinski definition) is 6. The highest BCUT2D eigenvalue weighted by atomic mass is 32.2. The summed E-state index contributed by atoms with van der Waals surface area (Å²) in [6.45, 7) is 4.11. The van der Waals surface area contributed by atoms with Gasteiger partial charge in [0.15, 0.2) is 11.9 Å². The number of anilines is 1. The van der Waals surface area contributed by atoms with Crippen molar-refractivity contribution in [1.29, 1.82) is 0 Å². The van der Waals surface area contributed by atoms with Gasteiger partial charge < -0.3 is 10.1 Å². The fourth-order valence-corrected chi connectivity index (χ4v) is 3.44. The first-order chi connectivity index (χ1) is 13.2. The highest BCUT2D eigenvalue weighted by Gasteiger charge is 2.25. The highest BCUT2D eigenvalue weighted by molar-refractivity contribution is 7.99. The molecule has 1 aromatic heterocycles. The normalized spacial score (nSPS) is 15.8. The van der Waals surface area contributed by atoms with Gasteiger partial charge in [0.1, 0.15) is 0 Å². The molecule has 0 saturated heterocycles. The van der Waals surface area contributed by atoms with Crippen LogP contribution in [0.15, 0.2) is 65.3 Å². The van der Waals surface area contributed by atoms with Crippen molar-refractivity contribution in [2.75, 3.05) is 11.1 Å². The maximum atomic E-state index is 6.25. The molecule has 3 aromatic rings. The second-order valence-electron chi connectivity index (χ2n) is 6.17. The number of nitrogens with zero attached hydrogens (tertiary/aromatic N) is 3. The molecule has 0 unspecified atom stereocenters. The van der Waals surface area contributed by atoms with Gasteiger partial charge in [0, 0.05) is 11.3 Å². The van der Waals surface area contributed by atoms with E-state index in [1.165, 1.54) is 0 Å². The van der Waals surface area contributed by atoms with Gasteiger partial charge in [-0.3, -0.25) is 0 Å². The summed E-state index contributed by atoms with van der Waals surface area (Å²) in [5.74, 6) is 1.38. The molecule has 1 aliphatic heterocycles. The first kappa shape index (κ1) is 17.5. The lowest BCUT2D eigenvalue weighted by molar-refractivity contribution is 0.255. The summed E-state index contributed by atoms with van der Waals surface area (Å²) in [5.41, 5.74) is 4.73. The Morgan fingerprint density at radius 3 is 2.70 bits per heavy atom. The monoisotopic (exact) mass is 376 g/mol. The van der Waals surface area contributed by atoms with Gasteiger partial charge in [-0.1, -0.05) is 73.3 Å². The third-order valence-electron chi connectivity index (χ3n) is 4.21. The molecule has 27 heavy (non-hydrogen) atoms. The lowest BCUT2D eigenvalue weighted by Gasteiger charge is -2.20. The van der Waals surface area contributed by atoms with Crippen LogP contribution < -0.4 is 10.1 Å². The number of ether oxygens (including phenoxy) is 1. The summed E-state index contributed by atoms with van der Waals surface area (Å²) in [6, 6.07) is 18.2. The Balaban J connectivity index is 1.76. The minimum Gasteiger partial charge on any atom is -0.448 e. The fraction of sp³-hybridized carbons (Fsp3) is 0.190. The van der Waals surface area contributed by atoms with Crippen LogP contribution in [-0.4, -0.2) is 27.2 Å². The molecule has 6 heteroatoms. The second-order valence-corrected chi connectivity index (χ2v) is 7.40. The molecule has 0 aliphatic carbocycles. The zero-order chi connectivity index (χ0) is 18.6. The standard InChI is InChI=1S/C21H20N4OS/c1-3-27-21-23-20-18(24-25-21)16-11-7-8-12-17(16)22-19(26-20)14(2)13-15-9-5-4-6-10-15/h4-13,19,22H,3H2,1-2H3/b14-13-/t19-/m0/s1. The van der Waals surface area contributed by atoms with E-state index in [9.17, 15) is 0 Å². The number of fused-ring (bicyclic) bond motifs is 3. The van der Waals surface area contributed by atoms with Crippen molar-refractivity contribution in [1.82, 2.24) is 15.2 Å². The largest absolute Gasteiger partial charge is 0.448 e. The van der Waals surface area contributed by atoms with Gasteiger partial charge in [-0.25, -0.2) is 0 Å². The molecule has 1 atom stereocenters. The Labute approximate surface area is 162 Å².